The largest absolute Gasteiger partial charge is 0.0852 e. The van der Waals surface area contributed by atoms with Gasteiger partial charge >= 0.3 is 0 Å². The highest BCUT2D eigenvalue weighted by molar-refractivity contribution is 7.83. The molecule has 0 heterocycles. The fourth-order valence-corrected chi connectivity index (χ4v) is 1.26. The number of benzene rings is 1. The smallest absolute Gasteiger partial charge is 0.0761 e. The van der Waals surface area contributed by atoms with E-state index in [1.54, 1.807) is 0 Å². The van der Waals surface area contributed by atoms with Gasteiger partial charge in [-0.25, -0.2) is 0 Å². The van der Waals surface area contributed by atoms with Crippen LogP contribution in [0.1, 0.15) is 11.1 Å². The molecule has 0 spiro atoms. The van der Waals surface area contributed by atoms with Gasteiger partial charge in [0.25, 0.3) is 0 Å². The summed E-state index contributed by atoms with van der Waals surface area (Å²) in [4.78, 5) is 0. The Kier molecular flexibility index (Phi) is 3.03. The highest BCUT2D eigenvalue weighted by Crippen LogP contribution is 2.09. The molecule has 1 aromatic rings. The maximum absolute atomic E-state index is 5.62. The molecule has 2 heteroatoms. The van der Waals surface area contributed by atoms with Crippen LogP contribution < -0.4 is 0 Å². The van der Waals surface area contributed by atoms with E-state index < -0.39 is 0 Å². The predicted octanol–water partition coefficient (Wildman–Crippen LogP) is 3.10. The molecule has 0 aliphatic rings. The number of thiocarbonyl (C=S) groups is 1. The number of aryl methyl sites for hydroxylation is 1. The lowest BCUT2D eigenvalue weighted by Crippen LogP contribution is -1.93. The van der Waals surface area contributed by atoms with Crippen LogP contribution in [0.5, 0.6) is 0 Å². The van der Waals surface area contributed by atoms with Crippen molar-refractivity contribution in [3.05, 3.63) is 35.4 Å². The van der Waals surface area contributed by atoms with Gasteiger partial charge in [-0.15, -0.1) is 0 Å². The van der Waals surface area contributed by atoms with Crippen molar-refractivity contribution in [3.63, 3.8) is 0 Å². The molecule has 0 fully saturated rings. The summed E-state index contributed by atoms with van der Waals surface area (Å²) in [7, 11) is 0. The van der Waals surface area contributed by atoms with E-state index in [-0.39, 0.29) is 0 Å². The van der Waals surface area contributed by atoms with Gasteiger partial charge in [0, 0.05) is 6.42 Å². The summed E-state index contributed by atoms with van der Waals surface area (Å²) >= 11 is 10.4. The summed E-state index contributed by atoms with van der Waals surface area (Å²) in [5.74, 6) is 0. The Balaban J connectivity index is 2.86. The molecule has 0 unspecified atom stereocenters. The quantitative estimate of drug-likeness (QED) is 0.503. The minimum absolute atomic E-state index is 0.527. The summed E-state index contributed by atoms with van der Waals surface area (Å²) in [5, 5.41) is 0. The molecular formula is C9H9ClS. The van der Waals surface area contributed by atoms with Gasteiger partial charge in [-0.3, -0.25) is 0 Å². The zero-order chi connectivity index (χ0) is 8.27. The fourth-order valence-electron chi connectivity index (χ4n) is 0.958. The summed E-state index contributed by atoms with van der Waals surface area (Å²) in [5.41, 5.74) is 2.46. The first-order chi connectivity index (χ1) is 5.20. The molecule has 11 heavy (non-hydrogen) atoms. The van der Waals surface area contributed by atoms with E-state index in [1.807, 2.05) is 18.2 Å². The minimum atomic E-state index is 0.527. The molecule has 58 valence electrons. The molecule has 0 saturated heterocycles. The van der Waals surface area contributed by atoms with Crippen LogP contribution in [-0.2, 0) is 6.42 Å². The molecule has 0 aliphatic heterocycles. The monoisotopic (exact) mass is 184 g/mol. The molecule has 0 amide bonds. The van der Waals surface area contributed by atoms with Gasteiger partial charge < -0.3 is 0 Å². The van der Waals surface area contributed by atoms with Crippen molar-refractivity contribution in [1.29, 1.82) is 0 Å². The molecule has 0 radical (unpaired) electrons. The van der Waals surface area contributed by atoms with E-state index >= 15 is 0 Å². The van der Waals surface area contributed by atoms with E-state index in [0.717, 1.165) is 0 Å². The molecule has 0 aliphatic carbocycles. The number of halogens is 1. The highest BCUT2D eigenvalue weighted by atomic mass is 35.5. The van der Waals surface area contributed by atoms with Gasteiger partial charge in [0.15, 0.2) is 0 Å². The van der Waals surface area contributed by atoms with Gasteiger partial charge in [0.05, 0.1) is 4.32 Å². The zero-order valence-corrected chi connectivity index (χ0v) is 7.88. The molecule has 0 aromatic heterocycles. The Morgan fingerprint density at radius 2 is 2.09 bits per heavy atom. The lowest BCUT2D eigenvalue weighted by Gasteiger charge is -2.01. The lowest BCUT2D eigenvalue weighted by atomic mass is 10.1. The predicted molar refractivity (Wildman–Crippen MR) is 53.3 cm³/mol. The van der Waals surface area contributed by atoms with Crippen LogP contribution in [0.15, 0.2) is 24.3 Å². The van der Waals surface area contributed by atoms with Gasteiger partial charge in [-0.1, -0.05) is 48.1 Å². The molecule has 1 aromatic carbocycles. The molecule has 0 bridgehead atoms. The van der Waals surface area contributed by atoms with Gasteiger partial charge in [0.2, 0.25) is 0 Å². The van der Waals surface area contributed by atoms with Crippen LogP contribution >= 0.6 is 23.8 Å². The van der Waals surface area contributed by atoms with E-state index in [2.05, 4.69) is 13.0 Å². The highest BCUT2D eigenvalue weighted by Gasteiger charge is 1.97. The normalized spacial score (nSPS) is 9.64. The number of hydrogen-bond donors (Lipinski definition) is 0. The number of hydrogen-bond acceptors (Lipinski definition) is 1. The number of rotatable bonds is 2. The Hall–Kier alpha value is -0.400. The Morgan fingerprint density at radius 3 is 2.64 bits per heavy atom. The third-order valence-corrected chi connectivity index (χ3v) is 1.87. The second-order valence-corrected chi connectivity index (χ2v) is 3.63. The summed E-state index contributed by atoms with van der Waals surface area (Å²) in [6.07, 6.45) is 0.698. The molecule has 0 saturated carbocycles. The second-order valence-electron chi connectivity index (χ2n) is 2.46. The Morgan fingerprint density at radius 1 is 1.45 bits per heavy atom. The van der Waals surface area contributed by atoms with Crippen molar-refractivity contribution < 1.29 is 0 Å². The van der Waals surface area contributed by atoms with E-state index in [9.17, 15) is 0 Å². The first-order valence-corrected chi connectivity index (χ1v) is 4.21. The van der Waals surface area contributed by atoms with Crippen LogP contribution in [0.4, 0.5) is 0 Å². The molecular weight excluding hydrogens is 176 g/mol. The van der Waals surface area contributed by atoms with Gasteiger partial charge in [0.1, 0.15) is 0 Å². The lowest BCUT2D eigenvalue weighted by molar-refractivity contribution is 1.28. The average Bonchev–Trinajstić information content (AvgIpc) is 1.93. The van der Waals surface area contributed by atoms with Gasteiger partial charge in [-0.2, -0.15) is 0 Å². The van der Waals surface area contributed by atoms with Crippen LogP contribution in [0.2, 0.25) is 0 Å². The standard InChI is InChI=1S/C9H9ClS/c1-7-4-2-3-5-8(7)6-9(10)11/h2-5H,6H2,1H3. The van der Waals surface area contributed by atoms with Crippen LogP contribution in [-0.4, -0.2) is 4.32 Å². The SMILES string of the molecule is Cc1ccccc1CC(=S)Cl. The van der Waals surface area contributed by atoms with Crippen molar-refractivity contribution in [2.45, 2.75) is 13.3 Å². The van der Waals surface area contributed by atoms with Crippen molar-refractivity contribution in [2.24, 2.45) is 0 Å². The minimum Gasteiger partial charge on any atom is -0.0761 e. The molecule has 0 nitrogen and oxygen atoms in total. The second kappa shape index (κ2) is 3.84. The van der Waals surface area contributed by atoms with Crippen LogP contribution in [0.25, 0.3) is 0 Å². The first-order valence-electron chi connectivity index (χ1n) is 3.43. The van der Waals surface area contributed by atoms with E-state index in [4.69, 9.17) is 23.8 Å². The van der Waals surface area contributed by atoms with Crippen LogP contribution in [0, 0.1) is 6.92 Å². The molecule has 0 atom stereocenters. The summed E-state index contributed by atoms with van der Waals surface area (Å²) in [6, 6.07) is 8.11. The first kappa shape index (κ1) is 8.69. The maximum atomic E-state index is 5.62. The summed E-state index contributed by atoms with van der Waals surface area (Å²) in [6.45, 7) is 2.06. The third-order valence-electron chi connectivity index (χ3n) is 1.59. The van der Waals surface area contributed by atoms with Crippen molar-refractivity contribution in [2.75, 3.05) is 0 Å². The Bertz CT molecular complexity index is 268. The van der Waals surface area contributed by atoms with Crippen molar-refractivity contribution in [1.82, 2.24) is 0 Å². The zero-order valence-electron chi connectivity index (χ0n) is 6.30. The van der Waals surface area contributed by atoms with Crippen molar-refractivity contribution >= 4 is 28.1 Å². The third kappa shape index (κ3) is 2.60. The van der Waals surface area contributed by atoms with Gasteiger partial charge in [-0.05, 0) is 18.1 Å². The molecule has 0 N–H and O–H groups in total. The average molecular weight is 185 g/mol. The topological polar surface area (TPSA) is 0 Å². The molecule has 1 rings (SSSR count). The van der Waals surface area contributed by atoms with Crippen LogP contribution in [0.3, 0.4) is 0 Å². The maximum Gasteiger partial charge on any atom is 0.0852 e. The summed E-state index contributed by atoms with van der Waals surface area (Å²) < 4.78 is 0.527. The van der Waals surface area contributed by atoms with Crippen molar-refractivity contribution in [3.8, 4) is 0 Å². The Labute approximate surface area is 77.2 Å². The fraction of sp³-hybridized carbons (Fsp3) is 0.222. The van der Waals surface area contributed by atoms with E-state index in [1.165, 1.54) is 11.1 Å². The van der Waals surface area contributed by atoms with E-state index in [0.29, 0.717) is 10.7 Å².